The Bertz CT molecular complexity index is 803. The number of anilines is 1. The van der Waals surface area contributed by atoms with Crippen molar-refractivity contribution >= 4 is 23.5 Å². The van der Waals surface area contributed by atoms with Gasteiger partial charge in [-0.05, 0) is 37.3 Å². The molecule has 0 aromatic heterocycles. The molecule has 7 nitrogen and oxygen atoms in total. The Morgan fingerprint density at radius 3 is 2.19 bits per heavy atom. The highest BCUT2D eigenvalue weighted by Crippen LogP contribution is 2.21. The second-order valence-corrected chi connectivity index (χ2v) is 5.31. The van der Waals surface area contributed by atoms with Gasteiger partial charge in [-0.2, -0.15) is 0 Å². The molecule has 2 aromatic carbocycles. The zero-order valence-corrected chi connectivity index (χ0v) is 14.6. The number of carbonyl (C=O) groups excluding carboxylic acids is 3. The third kappa shape index (κ3) is 4.60. The lowest BCUT2D eigenvalue weighted by Gasteiger charge is -2.16. The van der Waals surface area contributed by atoms with Crippen LogP contribution in [0.4, 0.5) is 5.69 Å². The molecule has 0 fully saturated rings. The number of amides is 1. The van der Waals surface area contributed by atoms with Gasteiger partial charge in [-0.25, -0.2) is 9.59 Å². The van der Waals surface area contributed by atoms with Gasteiger partial charge in [0.2, 0.25) is 0 Å². The topological polar surface area (TPSA) is 90.9 Å². The van der Waals surface area contributed by atoms with Gasteiger partial charge in [0.25, 0.3) is 5.91 Å². The summed E-state index contributed by atoms with van der Waals surface area (Å²) in [7, 11) is 2.47. The Morgan fingerprint density at radius 1 is 0.923 bits per heavy atom. The van der Waals surface area contributed by atoms with Crippen LogP contribution in [0.5, 0.6) is 5.75 Å². The number of nitrogens with one attached hydrogen (secondary N) is 1. The van der Waals surface area contributed by atoms with Gasteiger partial charge in [0.15, 0.2) is 6.10 Å². The highest BCUT2D eigenvalue weighted by atomic mass is 16.5. The lowest BCUT2D eigenvalue weighted by molar-refractivity contribution is -0.122. The summed E-state index contributed by atoms with van der Waals surface area (Å²) in [5.41, 5.74) is 0.431. The molecule has 0 aliphatic carbocycles. The average molecular weight is 357 g/mol. The molecule has 0 aliphatic heterocycles. The molecule has 1 N–H and O–H groups in total. The molecule has 0 spiro atoms. The largest absolute Gasteiger partial charge is 0.481 e. The van der Waals surface area contributed by atoms with E-state index in [1.807, 2.05) is 6.07 Å². The normalized spacial score (nSPS) is 11.2. The average Bonchev–Trinajstić information content (AvgIpc) is 2.67. The van der Waals surface area contributed by atoms with E-state index in [-0.39, 0.29) is 16.8 Å². The number of carbonyl (C=O) groups is 3. The van der Waals surface area contributed by atoms with E-state index in [0.717, 1.165) is 0 Å². The highest BCUT2D eigenvalue weighted by molar-refractivity contribution is 6.04. The standard InChI is InChI=1S/C19H19NO6/c1-12(26-14-7-5-4-6-8-14)17(21)20-16-11-13(18(22)24-2)9-10-15(16)19(23)25-3/h4-12H,1-3H3,(H,20,21)/t12-/m0/s1. The maximum Gasteiger partial charge on any atom is 0.339 e. The molecule has 7 heteroatoms. The maximum absolute atomic E-state index is 12.4. The molecule has 0 saturated heterocycles. The maximum atomic E-state index is 12.4. The Kier molecular flexibility index (Phi) is 6.32. The lowest BCUT2D eigenvalue weighted by Crippen LogP contribution is -2.31. The molecule has 1 atom stereocenters. The zero-order chi connectivity index (χ0) is 19.1. The van der Waals surface area contributed by atoms with E-state index in [0.29, 0.717) is 5.75 Å². The number of hydrogen-bond acceptors (Lipinski definition) is 6. The van der Waals surface area contributed by atoms with E-state index in [1.165, 1.54) is 32.4 Å². The Morgan fingerprint density at radius 2 is 1.58 bits per heavy atom. The number of methoxy groups -OCH3 is 2. The Balaban J connectivity index is 2.23. The third-order valence-corrected chi connectivity index (χ3v) is 3.53. The summed E-state index contributed by atoms with van der Waals surface area (Å²) in [6.07, 6.45) is -0.829. The minimum absolute atomic E-state index is 0.111. The highest BCUT2D eigenvalue weighted by Gasteiger charge is 2.20. The summed E-state index contributed by atoms with van der Waals surface area (Å²) in [5.74, 6) is -1.19. The van der Waals surface area contributed by atoms with Crippen molar-refractivity contribution in [3.63, 3.8) is 0 Å². The van der Waals surface area contributed by atoms with Crippen molar-refractivity contribution < 1.29 is 28.6 Å². The van der Waals surface area contributed by atoms with Crippen LogP contribution in [0.3, 0.4) is 0 Å². The number of para-hydroxylation sites is 1. The summed E-state index contributed by atoms with van der Waals surface area (Å²) in [6, 6.07) is 13.0. The van der Waals surface area contributed by atoms with E-state index >= 15 is 0 Å². The number of benzene rings is 2. The fraction of sp³-hybridized carbons (Fsp3) is 0.211. The van der Waals surface area contributed by atoms with Crippen molar-refractivity contribution in [2.75, 3.05) is 19.5 Å². The van der Waals surface area contributed by atoms with E-state index in [2.05, 4.69) is 10.1 Å². The molecule has 2 rings (SSSR count). The predicted octanol–water partition coefficient (Wildman–Crippen LogP) is 2.67. The number of ether oxygens (including phenoxy) is 3. The van der Waals surface area contributed by atoms with Crippen LogP contribution < -0.4 is 10.1 Å². The number of hydrogen-bond donors (Lipinski definition) is 1. The van der Waals surface area contributed by atoms with E-state index < -0.39 is 23.9 Å². The smallest absolute Gasteiger partial charge is 0.339 e. The van der Waals surface area contributed by atoms with Crippen LogP contribution in [0, 0.1) is 0 Å². The van der Waals surface area contributed by atoms with Gasteiger partial charge in [0.1, 0.15) is 5.75 Å². The van der Waals surface area contributed by atoms with Crippen molar-refractivity contribution in [2.24, 2.45) is 0 Å². The zero-order valence-electron chi connectivity index (χ0n) is 14.6. The van der Waals surface area contributed by atoms with Crippen molar-refractivity contribution in [1.29, 1.82) is 0 Å². The van der Waals surface area contributed by atoms with Gasteiger partial charge in [-0.1, -0.05) is 18.2 Å². The van der Waals surface area contributed by atoms with Crippen molar-refractivity contribution in [2.45, 2.75) is 13.0 Å². The van der Waals surface area contributed by atoms with Gasteiger partial charge >= 0.3 is 11.9 Å². The molecule has 0 unspecified atom stereocenters. The van der Waals surface area contributed by atoms with Crippen LogP contribution >= 0.6 is 0 Å². The minimum atomic E-state index is -0.829. The molecule has 26 heavy (non-hydrogen) atoms. The monoisotopic (exact) mass is 357 g/mol. The fourth-order valence-electron chi connectivity index (χ4n) is 2.17. The third-order valence-electron chi connectivity index (χ3n) is 3.53. The SMILES string of the molecule is COC(=O)c1ccc(C(=O)OC)c(NC(=O)[C@H](C)Oc2ccccc2)c1. The van der Waals surface area contributed by atoms with Crippen LogP contribution in [0.2, 0.25) is 0 Å². The molecule has 1 amide bonds. The van der Waals surface area contributed by atoms with Crippen molar-refractivity contribution in [3.05, 3.63) is 59.7 Å². The second-order valence-electron chi connectivity index (χ2n) is 5.31. The fourth-order valence-corrected chi connectivity index (χ4v) is 2.17. The summed E-state index contributed by atoms with van der Waals surface area (Å²) in [6.45, 7) is 1.57. The molecule has 2 aromatic rings. The quantitative estimate of drug-likeness (QED) is 0.799. The van der Waals surface area contributed by atoms with Crippen LogP contribution in [-0.4, -0.2) is 38.2 Å². The summed E-state index contributed by atoms with van der Waals surface area (Å²) in [5, 5.41) is 2.59. The van der Waals surface area contributed by atoms with Crippen LogP contribution in [0.25, 0.3) is 0 Å². The predicted molar refractivity (Wildman–Crippen MR) is 94.3 cm³/mol. The summed E-state index contributed by atoms with van der Waals surface area (Å²) in [4.78, 5) is 36.0. The molecular weight excluding hydrogens is 338 g/mol. The van der Waals surface area contributed by atoms with Crippen molar-refractivity contribution in [1.82, 2.24) is 0 Å². The first-order valence-corrected chi connectivity index (χ1v) is 7.79. The molecule has 0 aliphatic rings. The number of rotatable bonds is 6. The van der Waals surface area contributed by atoms with Gasteiger partial charge < -0.3 is 19.5 Å². The molecule has 136 valence electrons. The molecule has 0 bridgehead atoms. The first-order valence-electron chi connectivity index (χ1n) is 7.79. The van der Waals surface area contributed by atoms with Crippen LogP contribution in [0.15, 0.2) is 48.5 Å². The van der Waals surface area contributed by atoms with Gasteiger partial charge in [0.05, 0.1) is 31.0 Å². The molecular formula is C19H19NO6. The van der Waals surface area contributed by atoms with E-state index in [4.69, 9.17) is 9.47 Å². The van der Waals surface area contributed by atoms with Gasteiger partial charge in [0, 0.05) is 0 Å². The molecule has 0 saturated carbocycles. The summed E-state index contributed by atoms with van der Waals surface area (Å²) >= 11 is 0. The van der Waals surface area contributed by atoms with Gasteiger partial charge in [-0.3, -0.25) is 4.79 Å². The van der Waals surface area contributed by atoms with Gasteiger partial charge in [-0.15, -0.1) is 0 Å². The second kappa shape index (κ2) is 8.66. The minimum Gasteiger partial charge on any atom is -0.481 e. The Hall–Kier alpha value is -3.35. The first kappa shape index (κ1) is 19.0. The summed E-state index contributed by atoms with van der Waals surface area (Å²) < 4.78 is 14.9. The lowest BCUT2D eigenvalue weighted by atomic mass is 10.1. The van der Waals surface area contributed by atoms with E-state index in [1.54, 1.807) is 31.2 Å². The van der Waals surface area contributed by atoms with Crippen molar-refractivity contribution in [3.8, 4) is 5.75 Å². The van der Waals surface area contributed by atoms with Crippen LogP contribution in [-0.2, 0) is 14.3 Å². The Labute approximate surface area is 150 Å². The van der Waals surface area contributed by atoms with E-state index in [9.17, 15) is 14.4 Å². The molecule has 0 radical (unpaired) electrons. The first-order chi connectivity index (χ1) is 12.5. The molecule has 0 heterocycles. The van der Waals surface area contributed by atoms with Crippen LogP contribution in [0.1, 0.15) is 27.6 Å². The number of esters is 2.